The molecule has 0 unspecified atom stereocenters. The van der Waals surface area contributed by atoms with E-state index in [0.29, 0.717) is 15.7 Å². The predicted molar refractivity (Wildman–Crippen MR) is 115 cm³/mol. The van der Waals surface area contributed by atoms with Gasteiger partial charge in [-0.25, -0.2) is 9.69 Å². The molecule has 3 rings (SSSR count). The molecule has 2 aromatic carbocycles. The van der Waals surface area contributed by atoms with E-state index in [1.165, 1.54) is 25.3 Å². The number of urea groups is 1. The molecule has 4 amide bonds. The highest BCUT2D eigenvalue weighted by Crippen LogP contribution is 2.33. The average molecular weight is 474 g/mol. The summed E-state index contributed by atoms with van der Waals surface area (Å²) < 4.78 is 5.57. The van der Waals surface area contributed by atoms with Crippen LogP contribution in [0.2, 0.25) is 0 Å². The number of ether oxygens (including phenoxy) is 1. The summed E-state index contributed by atoms with van der Waals surface area (Å²) in [4.78, 5) is 38.2. The van der Waals surface area contributed by atoms with E-state index in [-0.39, 0.29) is 17.2 Å². The monoisotopic (exact) mass is 473 g/mol. The Morgan fingerprint density at radius 2 is 2.03 bits per heavy atom. The molecule has 0 atom stereocenters. The van der Waals surface area contributed by atoms with Crippen LogP contribution in [0.3, 0.4) is 0 Å². The van der Waals surface area contributed by atoms with Crippen LogP contribution in [-0.2, 0) is 16.0 Å². The smallest absolute Gasteiger partial charge is 0.329 e. The van der Waals surface area contributed by atoms with Crippen LogP contribution in [0.5, 0.6) is 11.5 Å². The number of imide groups is 1. The van der Waals surface area contributed by atoms with E-state index in [1.807, 2.05) is 19.1 Å². The first-order valence-electron chi connectivity index (χ1n) is 9.12. The Bertz CT molecular complexity index is 1050. The minimum atomic E-state index is -0.688. The van der Waals surface area contributed by atoms with Crippen molar-refractivity contribution in [1.29, 1.82) is 0 Å². The highest BCUT2D eigenvalue weighted by atomic mass is 79.9. The molecule has 9 heteroatoms. The third kappa shape index (κ3) is 4.46. The number of aryl methyl sites for hydroxylation is 1. The summed E-state index contributed by atoms with van der Waals surface area (Å²) in [5.74, 6) is -0.961. The molecule has 156 valence electrons. The van der Waals surface area contributed by atoms with Crippen LogP contribution in [0.15, 0.2) is 46.6 Å². The SMILES string of the molecule is CCc1ccccc1NC(=O)CN1C(=O)N/C(=C/c2cc(OC)c(O)cc2Br)C1=O. The van der Waals surface area contributed by atoms with Crippen molar-refractivity contribution in [2.75, 3.05) is 19.0 Å². The largest absolute Gasteiger partial charge is 0.504 e. The number of carbonyl (C=O) groups excluding carboxylic acids is 3. The molecule has 0 aromatic heterocycles. The van der Waals surface area contributed by atoms with Crippen molar-refractivity contribution >= 4 is 45.5 Å². The highest BCUT2D eigenvalue weighted by molar-refractivity contribution is 9.10. The summed E-state index contributed by atoms with van der Waals surface area (Å²) in [5.41, 5.74) is 2.12. The van der Waals surface area contributed by atoms with Gasteiger partial charge in [0.25, 0.3) is 5.91 Å². The van der Waals surface area contributed by atoms with E-state index in [1.54, 1.807) is 12.1 Å². The summed E-state index contributed by atoms with van der Waals surface area (Å²) in [7, 11) is 1.40. The molecule has 1 aliphatic rings. The first kappa shape index (κ1) is 21.4. The van der Waals surface area contributed by atoms with Gasteiger partial charge in [0.15, 0.2) is 11.5 Å². The van der Waals surface area contributed by atoms with Crippen molar-refractivity contribution < 1.29 is 24.2 Å². The molecular weight excluding hydrogens is 454 g/mol. The molecule has 30 heavy (non-hydrogen) atoms. The number of amides is 4. The Morgan fingerprint density at radius 1 is 1.30 bits per heavy atom. The van der Waals surface area contributed by atoms with Gasteiger partial charge >= 0.3 is 6.03 Å². The third-order valence-electron chi connectivity index (χ3n) is 4.53. The van der Waals surface area contributed by atoms with Crippen molar-refractivity contribution in [1.82, 2.24) is 10.2 Å². The Kier molecular flexibility index (Phi) is 6.41. The van der Waals surface area contributed by atoms with Gasteiger partial charge in [-0.3, -0.25) is 9.59 Å². The lowest BCUT2D eigenvalue weighted by atomic mass is 10.1. The third-order valence-corrected chi connectivity index (χ3v) is 5.22. The number of anilines is 1. The van der Waals surface area contributed by atoms with E-state index >= 15 is 0 Å². The average Bonchev–Trinajstić information content (AvgIpc) is 2.97. The van der Waals surface area contributed by atoms with Crippen LogP contribution < -0.4 is 15.4 Å². The quantitative estimate of drug-likeness (QED) is 0.440. The Hall–Kier alpha value is -3.33. The lowest BCUT2D eigenvalue weighted by molar-refractivity contribution is -0.127. The van der Waals surface area contributed by atoms with Gasteiger partial charge in [0, 0.05) is 10.2 Å². The fourth-order valence-electron chi connectivity index (χ4n) is 2.99. The molecule has 0 aliphatic carbocycles. The number of methoxy groups -OCH3 is 1. The molecule has 3 N–H and O–H groups in total. The fourth-order valence-corrected chi connectivity index (χ4v) is 3.43. The van der Waals surface area contributed by atoms with Crippen LogP contribution in [0.1, 0.15) is 18.1 Å². The number of aromatic hydroxyl groups is 1. The number of halogens is 1. The molecule has 1 saturated heterocycles. The molecule has 0 saturated carbocycles. The maximum absolute atomic E-state index is 12.7. The lowest BCUT2D eigenvalue weighted by Gasteiger charge is -2.13. The van der Waals surface area contributed by atoms with Crippen LogP contribution in [0, 0.1) is 0 Å². The number of nitrogens with zero attached hydrogens (tertiary/aromatic N) is 1. The predicted octanol–water partition coefficient (Wildman–Crippen LogP) is 3.26. The minimum Gasteiger partial charge on any atom is -0.504 e. The molecule has 1 aliphatic heterocycles. The summed E-state index contributed by atoms with van der Waals surface area (Å²) in [6, 6.07) is 9.59. The zero-order valence-corrected chi connectivity index (χ0v) is 17.9. The van der Waals surface area contributed by atoms with Gasteiger partial charge in [0.1, 0.15) is 12.2 Å². The zero-order valence-electron chi connectivity index (χ0n) is 16.4. The first-order valence-corrected chi connectivity index (χ1v) is 9.92. The van der Waals surface area contributed by atoms with Gasteiger partial charge in [-0.1, -0.05) is 41.1 Å². The highest BCUT2D eigenvalue weighted by Gasteiger charge is 2.35. The molecule has 1 heterocycles. The van der Waals surface area contributed by atoms with Gasteiger partial charge in [0.2, 0.25) is 5.91 Å². The molecule has 1 fully saturated rings. The van der Waals surface area contributed by atoms with Crippen LogP contribution in [0.4, 0.5) is 10.5 Å². The maximum atomic E-state index is 12.7. The van der Waals surface area contributed by atoms with Gasteiger partial charge in [-0.2, -0.15) is 0 Å². The van der Waals surface area contributed by atoms with Crippen molar-refractivity contribution in [2.45, 2.75) is 13.3 Å². The standard InChI is InChI=1S/C21H20BrN3O5/c1-3-12-6-4-5-7-15(12)23-19(27)11-25-20(28)16(24-21(25)29)8-13-9-18(30-2)17(26)10-14(13)22/h4-10,26H,3,11H2,1-2H3,(H,23,27)(H,24,29)/b16-8+. The van der Waals surface area contributed by atoms with Crippen LogP contribution >= 0.6 is 15.9 Å². The number of carbonyl (C=O) groups is 3. The van der Waals surface area contributed by atoms with E-state index in [2.05, 4.69) is 26.6 Å². The number of rotatable bonds is 6. The maximum Gasteiger partial charge on any atom is 0.329 e. The van der Waals surface area contributed by atoms with Gasteiger partial charge in [-0.05, 0) is 41.8 Å². The number of benzene rings is 2. The number of phenols is 1. The molecule has 0 radical (unpaired) electrons. The van der Waals surface area contributed by atoms with Crippen LogP contribution in [-0.4, -0.2) is 41.5 Å². The number of nitrogens with one attached hydrogen (secondary N) is 2. The summed E-state index contributed by atoms with van der Waals surface area (Å²) in [6.45, 7) is 1.55. The zero-order chi connectivity index (χ0) is 21.8. The van der Waals surface area contributed by atoms with Crippen LogP contribution in [0.25, 0.3) is 6.08 Å². The van der Waals surface area contributed by atoms with Crippen molar-refractivity contribution in [3.8, 4) is 11.5 Å². The lowest BCUT2D eigenvalue weighted by Crippen LogP contribution is -2.38. The van der Waals surface area contributed by atoms with Gasteiger partial charge < -0.3 is 20.5 Å². The summed E-state index contributed by atoms with van der Waals surface area (Å²) in [5, 5.41) is 15.0. The van der Waals surface area contributed by atoms with E-state index in [9.17, 15) is 19.5 Å². The minimum absolute atomic E-state index is 0.00945. The van der Waals surface area contributed by atoms with E-state index < -0.39 is 24.4 Å². The van der Waals surface area contributed by atoms with Gasteiger partial charge in [0.05, 0.1) is 7.11 Å². The first-order chi connectivity index (χ1) is 14.3. The molecular formula is C21H20BrN3O5. The second kappa shape index (κ2) is 9.00. The number of hydrogen-bond donors (Lipinski definition) is 3. The van der Waals surface area contributed by atoms with Crippen molar-refractivity contribution in [3.63, 3.8) is 0 Å². The van der Waals surface area contributed by atoms with E-state index in [0.717, 1.165) is 16.9 Å². The number of para-hydroxylation sites is 1. The van der Waals surface area contributed by atoms with Crippen molar-refractivity contribution in [2.24, 2.45) is 0 Å². The van der Waals surface area contributed by atoms with Gasteiger partial charge in [-0.15, -0.1) is 0 Å². The summed E-state index contributed by atoms with van der Waals surface area (Å²) in [6.07, 6.45) is 2.17. The molecule has 2 aromatic rings. The Labute approximate surface area is 181 Å². The van der Waals surface area contributed by atoms with E-state index in [4.69, 9.17) is 4.74 Å². The van der Waals surface area contributed by atoms with Crippen molar-refractivity contribution in [3.05, 3.63) is 57.7 Å². The Morgan fingerprint density at radius 3 is 2.73 bits per heavy atom. The second-order valence-corrected chi connectivity index (χ2v) is 7.34. The topological polar surface area (TPSA) is 108 Å². The number of phenolic OH excluding ortho intramolecular Hbond substituents is 1. The Balaban J connectivity index is 1.76. The molecule has 0 spiro atoms. The summed E-state index contributed by atoms with van der Waals surface area (Å²) >= 11 is 3.30. The molecule has 0 bridgehead atoms. The number of hydrogen-bond acceptors (Lipinski definition) is 5. The second-order valence-electron chi connectivity index (χ2n) is 6.48. The fraction of sp³-hybridized carbons (Fsp3) is 0.190. The molecule has 8 nitrogen and oxygen atoms in total. The normalized spacial score (nSPS) is 14.8.